The molecule has 98 valence electrons. The molecule has 1 aliphatic heterocycles. The van der Waals surface area contributed by atoms with Crippen LogP contribution in [0.5, 0.6) is 0 Å². The molecule has 19 heavy (non-hydrogen) atoms. The van der Waals surface area contributed by atoms with E-state index in [0.717, 1.165) is 25.3 Å². The summed E-state index contributed by atoms with van der Waals surface area (Å²) < 4.78 is 2.06. The SMILES string of the molecule is c1cnn(C2CCN(c3nccnc3C3CC3)C2)c1. The van der Waals surface area contributed by atoms with E-state index < -0.39 is 0 Å². The molecule has 1 saturated carbocycles. The highest BCUT2D eigenvalue weighted by Gasteiger charge is 2.33. The highest BCUT2D eigenvalue weighted by molar-refractivity contribution is 5.47. The van der Waals surface area contributed by atoms with Crippen LogP contribution in [0.15, 0.2) is 30.9 Å². The van der Waals surface area contributed by atoms with Gasteiger partial charge in [-0.1, -0.05) is 0 Å². The van der Waals surface area contributed by atoms with Crippen molar-refractivity contribution in [3.8, 4) is 0 Å². The third-order valence-corrected chi connectivity index (χ3v) is 4.03. The van der Waals surface area contributed by atoms with E-state index in [1.165, 1.54) is 18.5 Å². The summed E-state index contributed by atoms with van der Waals surface area (Å²) in [5.41, 5.74) is 1.20. The van der Waals surface area contributed by atoms with Crippen molar-refractivity contribution in [1.82, 2.24) is 19.7 Å². The molecule has 2 aromatic rings. The number of aromatic nitrogens is 4. The highest BCUT2D eigenvalue weighted by Crippen LogP contribution is 2.43. The second-order valence-corrected chi connectivity index (χ2v) is 5.41. The van der Waals surface area contributed by atoms with Crippen LogP contribution in [-0.2, 0) is 0 Å². The number of hydrogen-bond acceptors (Lipinski definition) is 4. The van der Waals surface area contributed by atoms with Crippen molar-refractivity contribution in [3.63, 3.8) is 0 Å². The number of nitrogens with zero attached hydrogens (tertiary/aromatic N) is 5. The predicted molar refractivity (Wildman–Crippen MR) is 72.1 cm³/mol. The normalized spacial score (nSPS) is 22.9. The van der Waals surface area contributed by atoms with E-state index in [0.29, 0.717) is 12.0 Å². The molecular weight excluding hydrogens is 238 g/mol. The zero-order chi connectivity index (χ0) is 12.7. The van der Waals surface area contributed by atoms with Gasteiger partial charge in [-0.3, -0.25) is 9.67 Å². The molecule has 1 unspecified atom stereocenters. The van der Waals surface area contributed by atoms with E-state index in [2.05, 4.69) is 24.6 Å². The maximum Gasteiger partial charge on any atom is 0.150 e. The average molecular weight is 255 g/mol. The van der Waals surface area contributed by atoms with Crippen molar-refractivity contribution in [2.24, 2.45) is 0 Å². The molecule has 0 N–H and O–H groups in total. The Morgan fingerprint density at radius 2 is 1.95 bits per heavy atom. The maximum absolute atomic E-state index is 4.57. The molecule has 1 atom stereocenters. The summed E-state index contributed by atoms with van der Waals surface area (Å²) in [5, 5.41) is 4.35. The molecule has 5 heteroatoms. The van der Waals surface area contributed by atoms with Gasteiger partial charge in [-0.25, -0.2) is 4.98 Å². The summed E-state index contributed by atoms with van der Waals surface area (Å²) in [4.78, 5) is 11.5. The Labute approximate surface area is 112 Å². The Balaban J connectivity index is 1.58. The van der Waals surface area contributed by atoms with Gasteiger partial charge in [-0.15, -0.1) is 0 Å². The molecule has 3 heterocycles. The van der Waals surface area contributed by atoms with Crippen LogP contribution in [0, 0.1) is 0 Å². The second-order valence-electron chi connectivity index (χ2n) is 5.41. The molecule has 4 rings (SSSR count). The number of rotatable bonds is 3. The van der Waals surface area contributed by atoms with Crippen LogP contribution < -0.4 is 4.90 Å². The summed E-state index contributed by atoms with van der Waals surface area (Å²) in [6, 6.07) is 2.45. The van der Waals surface area contributed by atoms with E-state index in [9.17, 15) is 0 Å². The Morgan fingerprint density at radius 3 is 2.74 bits per heavy atom. The Kier molecular flexibility index (Phi) is 2.50. The van der Waals surface area contributed by atoms with Gasteiger partial charge in [0.2, 0.25) is 0 Å². The van der Waals surface area contributed by atoms with Crippen LogP contribution in [-0.4, -0.2) is 32.8 Å². The lowest BCUT2D eigenvalue weighted by atomic mass is 10.2. The van der Waals surface area contributed by atoms with Crippen LogP contribution >= 0.6 is 0 Å². The molecular formula is C14H17N5. The van der Waals surface area contributed by atoms with Gasteiger partial charge in [0, 0.05) is 43.8 Å². The van der Waals surface area contributed by atoms with Crippen molar-refractivity contribution in [2.45, 2.75) is 31.2 Å². The fourth-order valence-electron chi connectivity index (χ4n) is 2.88. The summed E-state index contributed by atoms with van der Waals surface area (Å²) in [5.74, 6) is 1.74. The molecule has 0 spiro atoms. The van der Waals surface area contributed by atoms with Crippen LogP contribution in [0.25, 0.3) is 0 Å². The lowest BCUT2D eigenvalue weighted by Gasteiger charge is -2.19. The fourth-order valence-corrected chi connectivity index (χ4v) is 2.88. The van der Waals surface area contributed by atoms with E-state index in [-0.39, 0.29) is 0 Å². The number of anilines is 1. The fraction of sp³-hybridized carbons (Fsp3) is 0.500. The molecule has 2 aliphatic rings. The van der Waals surface area contributed by atoms with Gasteiger partial charge in [-0.2, -0.15) is 5.10 Å². The van der Waals surface area contributed by atoms with Gasteiger partial charge in [-0.05, 0) is 25.3 Å². The zero-order valence-corrected chi connectivity index (χ0v) is 10.8. The van der Waals surface area contributed by atoms with E-state index in [1.807, 2.05) is 30.9 Å². The average Bonchev–Trinajstić information content (AvgIpc) is 2.95. The second kappa shape index (κ2) is 4.33. The van der Waals surface area contributed by atoms with Crippen molar-refractivity contribution in [2.75, 3.05) is 18.0 Å². The lowest BCUT2D eigenvalue weighted by Crippen LogP contribution is -2.23. The summed E-state index contributed by atoms with van der Waals surface area (Å²) in [7, 11) is 0. The zero-order valence-electron chi connectivity index (χ0n) is 10.8. The topological polar surface area (TPSA) is 46.8 Å². The predicted octanol–water partition coefficient (Wildman–Crippen LogP) is 2.00. The van der Waals surface area contributed by atoms with Gasteiger partial charge in [0.25, 0.3) is 0 Å². The first-order valence-corrected chi connectivity index (χ1v) is 6.97. The Bertz CT molecular complexity index is 561. The van der Waals surface area contributed by atoms with Crippen molar-refractivity contribution in [1.29, 1.82) is 0 Å². The highest BCUT2D eigenvalue weighted by atomic mass is 15.3. The monoisotopic (exact) mass is 255 g/mol. The summed E-state index contributed by atoms with van der Waals surface area (Å²) in [6.45, 7) is 2.03. The first kappa shape index (κ1) is 11.0. The van der Waals surface area contributed by atoms with Gasteiger partial charge in [0.05, 0.1) is 11.7 Å². The van der Waals surface area contributed by atoms with E-state index in [1.54, 1.807) is 0 Å². The third kappa shape index (κ3) is 1.99. The van der Waals surface area contributed by atoms with Crippen LogP contribution in [0.4, 0.5) is 5.82 Å². The lowest BCUT2D eigenvalue weighted by molar-refractivity contribution is 0.494. The van der Waals surface area contributed by atoms with Gasteiger partial charge < -0.3 is 4.90 Å². The van der Waals surface area contributed by atoms with Gasteiger partial charge >= 0.3 is 0 Å². The summed E-state index contributed by atoms with van der Waals surface area (Å²) in [6.07, 6.45) is 11.2. The molecule has 0 radical (unpaired) electrons. The van der Waals surface area contributed by atoms with Crippen LogP contribution in [0.2, 0.25) is 0 Å². The van der Waals surface area contributed by atoms with Crippen LogP contribution in [0.3, 0.4) is 0 Å². The first-order valence-electron chi connectivity index (χ1n) is 6.97. The van der Waals surface area contributed by atoms with E-state index >= 15 is 0 Å². The Hall–Kier alpha value is -1.91. The van der Waals surface area contributed by atoms with Gasteiger partial charge in [0.1, 0.15) is 0 Å². The third-order valence-electron chi connectivity index (χ3n) is 4.03. The smallest absolute Gasteiger partial charge is 0.150 e. The van der Waals surface area contributed by atoms with Crippen LogP contribution in [0.1, 0.15) is 36.9 Å². The molecule has 0 bridgehead atoms. The van der Waals surface area contributed by atoms with Gasteiger partial charge in [0.15, 0.2) is 5.82 Å². The molecule has 0 amide bonds. The minimum Gasteiger partial charge on any atom is -0.353 e. The summed E-state index contributed by atoms with van der Waals surface area (Å²) >= 11 is 0. The standard InChI is InChI=1S/C14H17N5/c1-5-17-19(8-1)12-4-9-18(10-12)14-13(11-2-3-11)15-6-7-16-14/h1,5-8,11-12H,2-4,9-10H2. The van der Waals surface area contributed by atoms with Crippen molar-refractivity contribution < 1.29 is 0 Å². The largest absolute Gasteiger partial charge is 0.353 e. The minimum absolute atomic E-state index is 0.462. The molecule has 5 nitrogen and oxygen atoms in total. The maximum atomic E-state index is 4.57. The molecule has 0 aromatic carbocycles. The minimum atomic E-state index is 0.462. The van der Waals surface area contributed by atoms with Crippen molar-refractivity contribution in [3.05, 3.63) is 36.5 Å². The Morgan fingerprint density at radius 1 is 1.05 bits per heavy atom. The molecule has 1 saturated heterocycles. The molecule has 2 aromatic heterocycles. The molecule has 2 fully saturated rings. The quantitative estimate of drug-likeness (QED) is 0.841. The first-order chi connectivity index (χ1) is 9.42. The van der Waals surface area contributed by atoms with E-state index in [4.69, 9.17) is 0 Å². The van der Waals surface area contributed by atoms with Crippen molar-refractivity contribution >= 4 is 5.82 Å². The number of hydrogen-bond donors (Lipinski definition) is 0. The molecule has 1 aliphatic carbocycles.